The molecular formula is C14H17N3OS. The summed E-state index contributed by atoms with van der Waals surface area (Å²) in [6.07, 6.45) is 2.07. The molecule has 0 aliphatic carbocycles. The van der Waals surface area contributed by atoms with E-state index in [1.807, 2.05) is 12.1 Å². The molecule has 1 aliphatic heterocycles. The third-order valence-corrected chi connectivity index (χ3v) is 4.44. The van der Waals surface area contributed by atoms with Crippen molar-refractivity contribution in [3.63, 3.8) is 0 Å². The molecule has 19 heavy (non-hydrogen) atoms. The van der Waals surface area contributed by atoms with Crippen molar-refractivity contribution < 1.29 is 4.52 Å². The summed E-state index contributed by atoms with van der Waals surface area (Å²) in [5.74, 6) is 2.37. The summed E-state index contributed by atoms with van der Waals surface area (Å²) in [6, 6.07) is 8.23. The van der Waals surface area contributed by atoms with Gasteiger partial charge in [0.15, 0.2) is 0 Å². The first-order chi connectivity index (χ1) is 9.28. The van der Waals surface area contributed by atoms with Crippen LogP contribution in [-0.4, -0.2) is 29.5 Å². The highest BCUT2D eigenvalue weighted by Gasteiger charge is 2.28. The molecule has 3 rings (SSSR count). The van der Waals surface area contributed by atoms with Crippen LogP contribution in [0.3, 0.4) is 0 Å². The van der Waals surface area contributed by atoms with Crippen molar-refractivity contribution in [1.29, 1.82) is 0 Å². The minimum Gasteiger partial charge on any atom is -0.339 e. The van der Waals surface area contributed by atoms with Crippen LogP contribution in [0.4, 0.5) is 0 Å². The zero-order valence-electron chi connectivity index (χ0n) is 11.1. The molecule has 2 heterocycles. The number of benzene rings is 1. The Morgan fingerprint density at radius 3 is 2.63 bits per heavy atom. The molecule has 100 valence electrons. The zero-order valence-corrected chi connectivity index (χ0v) is 11.9. The quantitative estimate of drug-likeness (QED) is 0.870. The van der Waals surface area contributed by atoms with Crippen LogP contribution in [0.5, 0.6) is 0 Å². The largest absolute Gasteiger partial charge is 0.339 e. The summed E-state index contributed by atoms with van der Waals surface area (Å²) in [7, 11) is 0. The van der Waals surface area contributed by atoms with Gasteiger partial charge in [0.1, 0.15) is 0 Å². The highest BCUT2D eigenvalue weighted by Crippen LogP contribution is 2.28. The van der Waals surface area contributed by atoms with Crippen molar-refractivity contribution in [1.82, 2.24) is 15.5 Å². The molecule has 4 nitrogen and oxygen atoms in total. The van der Waals surface area contributed by atoms with Gasteiger partial charge in [-0.05, 0) is 49.5 Å². The fourth-order valence-electron chi connectivity index (χ4n) is 2.14. The minimum absolute atomic E-state index is 0.327. The highest BCUT2D eigenvalue weighted by molar-refractivity contribution is 7.98. The lowest BCUT2D eigenvalue weighted by atomic mass is 9.89. The standard InChI is InChI=1S/C14H17N3OS/c1-9(11-7-15-8-11)14-16-13(17-18-14)10-3-5-12(19-2)6-4-10/h3-6,9,11,15H,7-8H2,1-2H3. The molecule has 5 heteroatoms. The van der Waals surface area contributed by atoms with E-state index in [1.165, 1.54) is 4.90 Å². The summed E-state index contributed by atoms with van der Waals surface area (Å²) in [5, 5.41) is 7.36. The Balaban J connectivity index is 1.79. The first-order valence-electron chi connectivity index (χ1n) is 6.46. The Labute approximate surface area is 117 Å². The van der Waals surface area contributed by atoms with Crippen LogP contribution >= 0.6 is 11.8 Å². The van der Waals surface area contributed by atoms with Crippen molar-refractivity contribution in [3.05, 3.63) is 30.2 Å². The van der Waals surface area contributed by atoms with E-state index < -0.39 is 0 Å². The summed E-state index contributed by atoms with van der Waals surface area (Å²) in [5.41, 5.74) is 1.01. The van der Waals surface area contributed by atoms with Gasteiger partial charge in [0, 0.05) is 16.4 Å². The monoisotopic (exact) mass is 275 g/mol. The van der Waals surface area contributed by atoms with Crippen LogP contribution in [-0.2, 0) is 0 Å². The van der Waals surface area contributed by atoms with Gasteiger partial charge < -0.3 is 9.84 Å². The van der Waals surface area contributed by atoms with Crippen LogP contribution < -0.4 is 5.32 Å². The fraction of sp³-hybridized carbons (Fsp3) is 0.429. The van der Waals surface area contributed by atoms with Gasteiger partial charge in [-0.1, -0.05) is 12.1 Å². The molecule has 1 N–H and O–H groups in total. The van der Waals surface area contributed by atoms with Gasteiger partial charge in [-0.2, -0.15) is 4.98 Å². The van der Waals surface area contributed by atoms with Crippen molar-refractivity contribution in [2.45, 2.75) is 17.7 Å². The van der Waals surface area contributed by atoms with E-state index in [0.29, 0.717) is 17.7 Å². The van der Waals surface area contributed by atoms with Crippen molar-refractivity contribution >= 4 is 11.8 Å². The Hall–Kier alpha value is -1.33. The molecule has 1 aliphatic rings. The summed E-state index contributed by atoms with van der Waals surface area (Å²) >= 11 is 1.73. The Morgan fingerprint density at radius 2 is 2.05 bits per heavy atom. The molecule has 1 saturated heterocycles. The van der Waals surface area contributed by atoms with Crippen LogP contribution in [0, 0.1) is 5.92 Å². The normalized spacial score (nSPS) is 17.2. The van der Waals surface area contributed by atoms with Crippen LogP contribution in [0.15, 0.2) is 33.7 Å². The summed E-state index contributed by atoms with van der Waals surface area (Å²) in [6.45, 7) is 4.24. The van der Waals surface area contributed by atoms with Gasteiger partial charge in [-0.3, -0.25) is 0 Å². The Bertz CT molecular complexity index is 548. The van der Waals surface area contributed by atoms with Crippen LogP contribution in [0.1, 0.15) is 18.7 Å². The first-order valence-corrected chi connectivity index (χ1v) is 7.69. The summed E-state index contributed by atoms with van der Waals surface area (Å²) in [4.78, 5) is 5.76. The van der Waals surface area contributed by atoms with Gasteiger partial charge in [0.2, 0.25) is 11.7 Å². The lowest BCUT2D eigenvalue weighted by molar-refractivity contribution is 0.252. The fourth-order valence-corrected chi connectivity index (χ4v) is 2.55. The van der Waals surface area contributed by atoms with Crippen molar-refractivity contribution in [2.24, 2.45) is 5.92 Å². The van der Waals surface area contributed by atoms with Gasteiger partial charge in [0.25, 0.3) is 0 Å². The molecule has 1 fully saturated rings. The van der Waals surface area contributed by atoms with Gasteiger partial charge in [-0.25, -0.2) is 0 Å². The molecule has 0 bridgehead atoms. The number of hydrogen-bond donors (Lipinski definition) is 1. The van der Waals surface area contributed by atoms with Crippen LogP contribution in [0.2, 0.25) is 0 Å². The zero-order chi connectivity index (χ0) is 13.2. The molecular weight excluding hydrogens is 258 g/mol. The third-order valence-electron chi connectivity index (χ3n) is 3.70. The maximum absolute atomic E-state index is 5.40. The number of aromatic nitrogens is 2. The van der Waals surface area contributed by atoms with Crippen molar-refractivity contribution in [3.8, 4) is 11.4 Å². The maximum Gasteiger partial charge on any atom is 0.230 e. The molecule has 0 amide bonds. The molecule has 1 unspecified atom stereocenters. The molecule has 1 aromatic carbocycles. The number of hydrogen-bond acceptors (Lipinski definition) is 5. The molecule has 0 radical (unpaired) electrons. The maximum atomic E-state index is 5.40. The smallest absolute Gasteiger partial charge is 0.230 e. The van der Waals surface area contributed by atoms with E-state index in [0.717, 1.165) is 24.5 Å². The molecule has 0 spiro atoms. The lowest BCUT2D eigenvalue weighted by Gasteiger charge is -2.30. The minimum atomic E-state index is 0.327. The van der Waals surface area contributed by atoms with E-state index in [-0.39, 0.29) is 0 Å². The number of thioether (sulfide) groups is 1. The molecule has 2 aromatic rings. The van der Waals surface area contributed by atoms with Gasteiger partial charge in [-0.15, -0.1) is 11.8 Å². The second-order valence-electron chi connectivity index (χ2n) is 4.89. The average molecular weight is 275 g/mol. The second-order valence-corrected chi connectivity index (χ2v) is 5.77. The SMILES string of the molecule is CSc1ccc(-c2noc(C(C)C3CNC3)n2)cc1. The van der Waals surface area contributed by atoms with E-state index in [1.54, 1.807) is 11.8 Å². The second kappa shape index (κ2) is 5.35. The summed E-state index contributed by atoms with van der Waals surface area (Å²) < 4.78 is 5.40. The predicted molar refractivity (Wildman–Crippen MR) is 76.3 cm³/mol. The van der Waals surface area contributed by atoms with E-state index in [4.69, 9.17) is 4.52 Å². The van der Waals surface area contributed by atoms with E-state index in [2.05, 4.69) is 40.8 Å². The highest BCUT2D eigenvalue weighted by atomic mass is 32.2. The molecule has 0 saturated carbocycles. The van der Waals surface area contributed by atoms with Gasteiger partial charge in [0.05, 0.1) is 0 Å². The molecule has 1 atom stereocenters. The Morgan fingerprint density at radius 1 is 1.32 bits per heavy atom. The predicted octanol–water partition coefficient (Wildman–Crippen LogP) is 2.78. The van der Waals surface area contributed by atoms with E-state index >= 15 is 0 Å². The number of nitrogens with zero attached hydrogens (tertiary/aromatic N) is 2. The average Bonchev–Trinajstić information content (AvgIpc) is 2.86. The number of rotatable bonds is 4. The number of nitrogens with one attached hydrogen (secondary N) is 1. The lowest BCUT2D eigenvalue weighted by Crippen LogP contribution is -2.44. The first kappa shape index (κ1) is 12.7. The topological polar surface area (TPSA) is 51.0 Å². The Kier molecular flexibility index (Phi) is 3.57. The third kappa shape index (κ3) is 2.53. The van der Waals surface area contributed by atoms with Gasteiger partial charge >= 0.3 is 0 Å². The van der Waals surface area contributed by atoms with Crippen molar-refractivity contribution in [2.75, 3.05) is 19.3 Å². The van der Waals surface area contributed by atoms with Crippen LogP contribution in [0.25, 0.3) is 11.4 Å². The molecule has 1 aromatic heterocycles. The van der Waals surface area contributed by atoms with E-state index in [9.17, 15) is 0 Å².